The van der Waals surface area contributed by atoms with E-state index in [1.54, 1.807) is 24.3 Å². The maximum Gasteiger partial charge on any atom is 0.522 e. The van der Waals surface area contributed by atoms with E-state index < -0.39 is 46.7 Å². The van der Waals surface area contributed by atoms with Crippen molar-refractivity contribution in [3.05, 3.63) is 95.1 Å². The Labute approximate surface area is 266 Å². The number of aryl methyl sites for hydroxylation is 1. The van der Waals surface area contributed by atoms with Gasteiger partial charge in [0.1, 0.15) is 6.04 Å². The Hall–Kier alpha value is -3.39. The van der Waals surface area contributed by atoms with Gasteiger partial charge >= 0.3 is 12.3 Å². The standard InChI is InChI=1S/C32H37F3N2O6S2/c1-23-9-6-7-12-26(23)28-21-25(13-14-27(28)30(38)36-29(31(39)40)16-19-44-2)22-37(17-15-24-10-4-3-5-11-24)45(41,42)20-8-18-43-32(33,34)35/h3-7,9-14,21,29H,8,15-20,22H2,1-2H3,(H,36,38)(H,39,40)/t29-/m0/s1. The molecule has 3 aromatic carbocycles. The van der Waals surface area contributed by atoms with Crippen LogP contribution in [0.1, 0.15) is 39.9 Å². The zero-order valence-corrected chi connectivity index (χ0v) is 26.7. The molecule has 0 aliphatic carbocycles. The van der Waals surface area contributed by atoms with Crippen LogP contribution in [-0.2, 0) is 32.5 Å². The summed E-state index contributed by atoms with van der Waals surface area (Å²) in [6.07, 6.45) is -2.75. The fraction of sp³-hybridized carbons (Fsp3) is 0.375. The molecular weight excluding hydrogens is 629 g/mol. The van der Waals surface area contributed by atoms with Crippen LogP contribution in [0.15, 0.2) is 72.8 Å². The molecule has 0 fully saturated rings. The number of carboxylic acid groups (broad SMARTS) is 1. The summed E-state index contributed by atoms with van der Waals surface area (Å²) in [7, 11) is -4.02. The zero-order valence-electron chi connectivity index (χ0n) is 25.0. The molecule has 0 saturated heterocycles. The number of aliphatic carboxylic acids is 1. The average molecular weight is 667 g/mol. The van der Waals surface area contributed by atoms with Gasteiger partial charge < -0.3 is 10.4 Å². The first-order valence-electron chi connectivity index (χ1n) is 14.2. The molecule has 13 heteroatoms. The van der Waals surface area contributed by atoms with Crippen molar-refractivity contribution in [3.63, 3.8) is 0 Å². The Morgan fingerprint density at radius 3 is 2.33 bits per heavy atom. The second-order valence-electron chi connectivity index (χ2n) is 10.4. The van der Waals surface area contributed by atoms with Crippen LogP contribution < -0.4 is 5.32 Å². The summed E-state index contributed by atoms with van der Waals surface area (Å²) in [5, 5.41) is 12.3. The smallest absolute Gasteiger partial charge is 0.480 e. The van der Waals surface area contributed by atoms with E-state index in [-0.39, 0.29) is 31.5 Å². The van der Waals surface area contributed by atoms with Crippen molar-refractivity contribution in [2.45, 2.75) is 45.1 Å². The van der Waals surface area contributed by atoms with Crippen molar-refractivity contribution in [2.75, 3.05) is 30.9 Å². The number of alkyl halides is 3. The highest BCUT2D eigenvalue weighted by atomic mass is 32.2. The van der Waals surface area contributed by atoms with Gasteiger partial charge in [0.25, 0.3) is 5.91 Å². The van der Waals surface area contributed by atoms with Crippen LogP contribution in [-0.4, -0.2) is 73.0 Å². The van der Waals surface area contributed by atoms with E-state index in [9.17, 15) is 36.3 Å². The average Bonchev–Trinajstić information content (AvgIpc) is 2.99. The topological polar surface area (TPSA) is 113 Å². The predicted octanol–water partition coefficient (Wildman–Crippen LogP) is 5.90. The number of rotatable bonds is 17. The summed E-state index contributed by atoms with van der Waals surface area (Å²) in [6.45, 7) is 1.05. The Morgan fingerprint density at radius 1 is 1.00 bits per heavy atom. The van der Waals surface area contributed by atoms with Crippen LogP contribution in [0.5, 0.6) is 0 Å². The highest BCUT2D eigenvalue weighted by Gasteiger charge is 2.30. The third-order valence-electron chi connectivity index (χ3n) is 7.04. The molecule has 0 radical (unpaired) electrons. The summed E-state index contributed by atoms with van der Waals surface area (Å²) in [5.74, 6) is -1.73. The molecule has 244 valence electrons. The number of halogens is 3. The number of nitrogens with one attached hydrogen (secondary N) is 1. The molecular formula is C32H37F3N2O6S2. The minimum Gasteiger partial charge on any atom is -0.480 e. The molecule has 0 saturated carbocycles. The van der Waals surface area contributed by atoms with Crippen molar-refractivity contribution < 1.29 is 41.0 Å². The maximum absolute atomic E-state index is 13.4. The number of ether oxygens (including phenoxy) is 1. The van der Waals surface area contributed by atoms with Gasteiger partial charge in [0.2, 0.25) is 10.0 Å². The SMILES string of the molecule is CSCC[C@H](NC(=O)c1ccc(CN(CCc2ccccc2)S(=O)(=O)CCCOC(F)(F)F)cc1-c1ccccc1C)C(=O)O. The van der Waals surface area contributed by atoms with Gasteiger partial charge in [-0.25, -0.2) is 13.2 Å². The third kappa shape index (κ3) is 11.5. The van der Waals surface area contributed by atoms with Gasteiger partial charge in [0.15, 0.2) is 0 Å². The number of sulfonamides is 1. The lowest BCUT2D eigenvalue weighted by molar-refractivity contribution is -0.324. The molecule has 0 bridgehead atoms. The largest absolute Gasteiger partial charge is 0.522 e. The van der Waals surface area contributed by atoms with E-state index in [1.807, 2.05) is 61.7 Å². The van der Waals surface area contributed by atoms with Crippen LogP contribution in [0.3, 0.4) is 0 Å². The Morgan fingerprint density at radius 2 is 1.69 bits per heavy atom. The van der Waals surface area contributed by atoms with Gasteiger partial charge in [-0.2, -0.15) is 16.1 Å². The van der Waals surface area contributed by atoms with Crippen molar-refractivity contribution >= 4 is 33.7 Å². The second kappa shape index (κ2) is 16.8. The highest BCUT2D eigenvalue weighted by molar-refractivity contribution is 7.98. The number of amides is 1. The molecule has 8 nitrogen and oxygen atoms in total. The van der Waals surface area contributed by atoms with E-state index in [1.165, 1.54) is 16.1 Å². The predicted molar refractivity (Wildman–Crippen MR) is 169 cm³/mol. The normalized spacial score (nSPS) is 12.7. The molecule has 0 aliphatic heterocycles. The first kappa shape index (κ1) is 36.1. The first-order valence-corrected chi connectivity index (χ1v) is 17.2. The highest BCUT2D eigenvalue weighted by Crippen LogP contribution is 2.29. The summed E-state index contributed by atoms with van der Waals surface area (Å²) in [5.41, 5.74) is 3.72. The van der Waals surface area contributed by atoms with Gasteiger partial charge in [-0.1, -0.05) is 60.7 Å². The lowest BCUT2D eigenvalue weighted by atomic mass is 9.93. The number of benzene rings is 3. The molecule has 3 aromatic rings. The first-order chi connectivity index (χ1) is 21.3. The molecule has 0 aromatic heterocycles. The number of thioether (sulfide) groups is 1. The molecule has 0 aliphatic rings. The van der Waals surface area contributed by atoms with Gasteiger partial charge in [0.05, 0.1) is 12.4 Å². The number of hydrogen-bond acceptors (Lipinski definition) is 6. The van der Waals surface area contributed by atoms with E-state index in [4.69, 9.17) is 0 Å². The quantitative estimate of drug-likeness (QED) is 0.173. The number of carboxylic acids is 1. The van der Waals surface area contributed by atoms with Crippen molar-refractivity contribution in [2.24, 2.45) is 0 Å². The summed E-state index contributed by atoms with van der Waals surface area (Å²) in [4.78, 5) is 25.2. The second-order valence-corrected chi connectivity index (χ2v) is 13.4. The van der Waals surface area contributed by atoms with E-state index in [0.717, 1.165) is 11.1 Å². The molecule has 3 rings (SSSR count). The van der Waals surface area contributed by atoms with Crippen LogP contribution in [0.25, 0.3) is 11.1 Å². The van der Waals surface area contributed by atoms with Crippen LogP contribution in [0, 0.1) is 6.92 Å². The van der Waals surface area contributed by atoms with Gasteiger partial charge in [0, 0.05) is 18.7 Å². The lowest BCUT2D eigenvalue weighted by Crippen LogP contribution is -2.41. The number of carbonyl (C=O) groups excluding carboxylic acids is 1. The zero-order chi connectivity index (χ0) is 33.0. The van der Waals surface area contributed by atoms with Gasteiger partial charge in [-0.05, 0) is 78.1 Å². The molecule has 1 amide bonds. The number of hydrogen-bond donors (Lipinski definition) is 2. The number of carbonyl (C=O) groups is 2. The monoisotopic (exact) mass is 666 g/mol. The summed E-state index contributed by atoms with van der Waals surface area (Å²) >= 11 is 1.47. The maximum atomic E-state index is 13.4. The third-order valence-corrected chi connectivity index (χ3v) is 9.58. The molecule has 45 heavy (non-hydrogen) atoms. The van der Waals surface area contributed by atoms with E-state index in [0.29, 0.717) is 28.9 Å². The lowest BCUT2D eigenvalue weighted by Gasteiger charge is -2.24. The van der Waals surface area contributed by atoms with Crippen LogP contribution in [0.2, 0.25) is 0 Å². The molecule has 2 N–H and O–H groups in total. The van der Waals surface area contributed by atoms with Crippen LogP contribution in [0.4, 0.5) is 13.2 Å². The molecule has 1 atom stereocenters. The van der Waals surface area contributed by atoms with E-state index in [2.05, 4.69) is 10.1 Å². The molecule has 0 unspecified atom stereocenters. The van der Waals surface area contributed by atoms with Crippen LogP contribution >= 0.6 is 11.8 Å². The Balaban J connectivity index is 1.95. The van der Waals surface area contributed by atoms with Crippen molar-refractivity contribution in [1.29, 1.82) is 0 Å². The molecule has 0 spiro atoms. The fourth-order valence-corrected chi connectivity index (χ4v) is 6.62. The Bertz CT molecular complexity index is 1540. The fourth-order valence-electron chi connectivity index (χ4n) is 4.69. The Kier molecular flexibility index (Phi) is 13.5. The van der Waals surface area contributed by atoms with Crippen molar-refractivity contribution in [3.8, 4) is 11.1 Å². The summed E-state index contributed by atoms with van der Waals surface area (Å²) < 4.78 is 69.2. The molecule has 0 heterocycles. The minimum absolute atomic E-state index is 0.0736. The van der Waals surface area contributed by atoms with Gasteiger partial charge in [-0.3, -0.25) is 9.53 Å². The summed E-state index contributed by atoms with van der Waals surface area (Å²) in [6, 6.07) is 20.3. The minimum atomic E-state index is -4.85. The number of nitrogens with zero attached hydrogens (tertiary/aromatic N) is 1. The van der Waals surface area contributed by atoms with E-state index >= 15 is 0 Å². The van der Waals surface area contributed by atoms with Gasteiger partial charge in [-0.15, -0.1) is 13.2 Å². The van der Waals surface area contributed by atoms with Crippen molar-refractivity contribution in [1.82, 2.24) is 9.62 Å².